The number of ether oxygens (including phenoxy) is 1. The number of benzene rings is 2. The van der Waals surface area contributed by atoms with Crippen molar-refractivity contribution in [3.05, 3.63) is 71.5 Å². The summed E-state index contributed by atoms with van der Waals surface area (Å²) in [4.78, 5) is 12.4. The van der Waals surface area contributed by atoms with Gasteiger partial charge in [-0.2, -0.15) is 5.10 Å². The Morgan fingerprint density at radius 3 is 2.70 bits per heavy atom. The van der Waals surface area contributed by atoms with Crippen molar-refractivity contribution in [2.45, 2.75) is 12.1 Å². The number of methoxy groups -OCH3 is 1. The minimum absolute atomic E-state index is 0.149. The fourth-order valence-corrected chi connectivity index (χ4v) is 4.29. The maximum absolute atomic E-state index is 12.4. The van der Waals surface area contributed by atoms with Crippen LogP contribution in [0.15, 0.2) is 66.1 Å². The van der Waals surface area contributed by atoms with Crippen molar-refractivity contribution in [3.8, 4) is 17.0 Å². The molecule has 5 aromatic rings. The molecule has 3 aromatic heterocycles. The van der Waals surface area contributed by atoms with E-state index in [9.17, 15) is 4.79 Å². The van der Waals surface area contributed by atoms with Crippen molar-refractivity contribution in [2.75, 3.05) is 18.2 Å². The second-order valence-corrected chi connectivity index (χ2v) is 8.71. The summed E-state index contributed by atoms with van der Waals surface area (Å²) in [6.45, 7) is 1.91. The molecule has 0 aliphatic rings. The molecule has 8 nitrogen and oxygen atoms in total. The number of carbonyl (C=O) groups excluding carboxylic acids is 1. The van der Waals surface area contributed by atoms with E-state index in [-0.39, 0.29) is 11.7 Å². The molecule has 3 heterocycles. The van der Waals surface area contributed by atoms with Crippen molar-refractivity contribution in [1.82, 2.24) is 24.2 Å². The van der Waals surface area contributed by atoms with E-state index in [0.29, 0.717) is 21.5 Å². The lowest BCUT2D eigenvalue weighted by atomic mass is 10.1. The van der Waals surface area contributed by atoms with E-state index in [0.717, 1.165) is 28.1 Å². The van der Waals surface area contributed by atoms with Crippen LogP contribution >= 0.6 is 23.4 Å². The van der Waals surface area contributed by atoms with E-state index in [1.165, 1.54) is 11.8 Å². The number of thioether (sulfide) groups is 1. The Bertz CT molecular complexity index is 1480. The Morgan fingerprint density at radius 2 is 1.94 bits per heavy atom. The van der Waals surface area contributed by atoms with Gasteiger partial charge in [-0.3, -0.25) is 9.20 Å². The molecule has 0 bridgehead atoms. The lowest BCUT2D eigenvalue weighted by Crippen LogP contribution is -2.14. The molecule has 5 rings (SSSR count). The molecule has 0 saturated carbocycles. The number of aryl methyl sites for hydroxylation is 1. The zero-order valence-corrected chi connectivity index (χ0v) is 19.4. The van der Waals surface area contributed by atoms with E-state index in [2.05, 4.69) is 20.6 Å². The third-order valence-electron chi connectivity index (χ3n) is 5.16. The zero-order chi connectivity index (χ0) is 22.9. The van der Waals surface area contributed by atoms with Crippen molar-refractivity contribution in [2.24, 2.45) is 0 Å². The second kappa shape index (κ2) is 8.76. The first kappa shape index (κ1) is 21.3. The molecule has 1 N–H and O–H groups in total. The van der Waals surface area contributed by atoms with E-state index in [4.69, 9.17) is 16.3 Å². The maximum Gasteiger partial charge on any atom is 0.234 e. The fraction of sp³-hybridized carbons (Fsp3) is 0.130. The summed E-state index contributed by atoms with van der Waals surface area (Å²) < 4.78 is 8.85. The molecule has 10 heteroatoms. The van der Waals surface area contributed by atoms with Gasteiger partial charge in [-0.05, 0) is 55.0 Å². The number of aromatic nitrogens is 5. The number of halogens is 1. The molecular formula is C23H19ClN6O2S. The number of rotatable bonds is 6. The molecule has 0 saturated heterocycles. The van der Waals surface area contributed by atoms with Crippen LogP contribution in [0.3, 0.4) is 0 Å². The SMILES string of the molecule is COc1ccc(-c2cc3c4nnc(SCC(=O)Nc5ccc(C)c(Cl)c5)n4ccn3n2)cc1. The number of hydrogen-bond acceptors (Lipinski definition) is 6. The van der Waals surface area contributed by atoms with Crippen molar-refractivity contribution in [1.29, 1.82) is 0 Å². The lowest BCUT2D eigenvalue weighted by Gasteiger charge is -2.06. The van der Waals surface area contributed by atoms with Crippen LogP contribution in [0.5, 0.6) is 5.75 Å². The summed E-state index contributed by atoms with van der Waals surface area (Å²) >= 11 is 7.44. The Labute approximate surface area is 198 Å². The van der Waals surface area contributed by atoms with Gasteiger partial charge in [-0.15, -0.1) is 10.2 Å². The molecule has 0 unspecified atom stereocenters. The molecular weight excluding hydrogens is 460 g/mol. The van der Waals surface area contributed by atoms with Crippen LogP contribution in [-0.2, 0) is 4.79 Å². The van der Waals surface area contributed by atoms with E-state index >= 15 is 0 Å². The van der Waals surface area contributed by atoms with Crippen molar-refractivity contribution < 1.29 is 9.53 Å². The van der Waals surface area contributed by atoms with Crippen LogP contribution < -0.4 is 10.1 Å². The Hall–Kier alpha value is -3.56. The first-order valence-corrected chi connectivity index (χ1v) is 11.4. The summed E-state index contributed by atoms with van der Waals surface area (Å²) in [5, 5.41) is 17.3. The highest BCUT2D eigenvalue weighted by Gasteiger charge is 2.14. The Kier molecular flexibility index (Phi) is 5.65. The molecule has 0 aliphatic carbocycles. The second-order valence-electron chi connectivity index (χ2n) is 7.36. The van der Waals surface area contributed by atoms with E-state index in [1.807, 2.05) is 66.2 Å². The largest absolute Gasteiger partial charge is 0.497 e. The van der Waals surface area contributed by atoms with Gasteiger partial charge in [0.25, 0.3) is 0 Å². The molecule has 166 valence electrons. The summed E-state index contributed by atoms with van der Waals surface area (Å²) in [6.07, 6.45) is 3.68. The minimum atomic E-state index is -0.149. The average molecular weight is 479 g/mol. The standard InChI is InChI=1S/C23H19ClN6O2S/c1-14-3-6-16(11-18(14)24)25-21(31)13-33-23-27-26-22-20-12-19(28-30(20)10-9-29(22)23)15-4-7-17(32-2)8-5-15/h3-12H,13H2,1-2H3,(H,25,31). The van der Waals surface area contributed by atoms with Crippen molar-refractivity contribution >= 4 is 46.1 Å². The van der Waals surface area contributed by atoms with Gasteiger partial charge in [-0.1, -0.05) is 29.4 Å². The van der Waals surface area contributed by atoms with Crippen LogP contribution in [0.4, 0.5) is 5.69 Å². The molecule has 2 aromatic carbocycles. The molecule has 33 heavy (non-hydrogen) atoms. The normalized spacial score (nSPS) is 11.2. The van der Waals surface area contributed by atoms with Gasteiger partial charge in [0.2, 0.25) is 5.91 Å². The monoisotopic (exact) mass is 478 g/mol. The lowest BCUT2D eigenvalue weighted by molar-refractivity contribution is -0.113. The third-order valence-corrected chi connectivity index (χ3v) is 6.51. The van der Waals surface area contributed by atoms with Gasteiger partial charge in [-0.25, -0.2) is 4.52 Å². The number of nitrogens with zero attached hydrogens (tertiary/aromatic N) is 5. The highest BCUT2D eigenvalue weighted by Crippen LogP contribution is 2.26. The molecule has 0 fully saturated rings. The van der Waals surface area contributed by atoms with Gasteiger partial charge < -0.3 is 10.1 Å². The number of nitrogens with one attached hydrogen (secondary N) is 1. The van der Waals surface area contributed by atoms with Gasteiger partial charge in [0.05, 0.1) is 18.6 Å². The first-order valence-electron chi connectivity index (χ1n) is 10.1. The summed E-state index contributed by atoms with van der Waals surface area (Å²) in [5.74, 6) is 0.829. The number of fused-ring (bicyclic) bond motifs is 3. The van der Waals surface area contributed by atoms with E-state index in [1.54, 1.807) is 17.7 Å². The molecule has 0 aliphatic heterocycles. The van der Waals surface area contributed by atoms with E-state index < -0.39 is 0 Å². The summed E-state index contributed by atoms with van der Waals surface area (Å²) in [6, 6.07) is 15.1. The summed E-state index contributed by atoms with van der Waals surface area (Å²) in [7, 11) is 1.64. The minimum Gasteiger partial charge on any atom is -0.497 e. The van der Waals surface area contributed by atoms with Crippen LogP contribution in [-0.4, -0.2) is 43.0 Å². The highest BCUT2D eigenvalue weighted by atomic mass is 35.5. The molecule has 0 atom stereocenters. The van der Waals surface area contributed by atoms with Crippen LogP contribution in [0, 0.1) is 6.92 Å². The predicted octanol–water partition coefficient (Wildman–Crippen LogP) is 4.75. The summed E-state index contributed by atoms with van der Waals surface area (Å²) in [5.41, 5.74) is 4.90. The molecule has 0 radical (unpaired) electrons. The van der Waals surface area contributed by atoms with Gasteiger partial charge in [0.15, 0.2) is 10.8 Å². The van der Waals surface area contributed by atoms with Gasteiger partial charge in [0.1, 0.15) is 11.3 Å². The highest BCUT2D eigenvalue weighted by molar-refractivity contribution is 7.99. The number of amides is 1. The van der Waals surface area contributed by atoms with Crippen LogP contribution in [0.2, 0.25) is 5.02 Å². The average Bonchev–Trinajstić information content (AvgIpc) is 3.44. The predicted molar refractivity (Wildman–Crippen MR) is 129 cm³/mol. The fourth-order valence-electron chi connectivity index (χ4n) is 3.39. The van der Waals surface area contributed by atoms with Crippen LogP contribution in [0.1, 0.15) is 5.56 Å². The quantitative estimate of drug-likeness (QED) is 0.354. The molecule has 1 amide bonds. The van der Waals surface area contributed by atoms with Gasteiger partial charge in [0, 0.05) is 28.7 Å². The topological polar surface area (TPSA) is 85.8 Å². The number of hydrogen-bond donors (Lipinski definition) is 1. The Balaban J connectivity index is 1.35. The van der Waals surface area contributed by atoms with Crippen LogP contribution in [0.25, 0.3) is 22.4 Å². The molecule has 0 spiro atoms. The maximum atomic E-state index is 12.4. The number of carbonyl (C=O) groups is 1. The zero-order valence-electron chi connectivity index (χ0n) is 17.8. The third kappa shape index (κ3) is 4.24. The number of anilines is 1. The first-order chi connectivity index (χ1) is 16.0. The van der Waals surface area contributed by atoms with Gasteiger partial charge >= 0.3 is 0 Å². The van der Waals surface area contributed by atoms with Crippen molar-refractivity contribution in [3.63, 3.8) is 0 Å². The Morgan fingerprint density at radius 1 is 1.12 bits per heavy atom. The smallest absolute Gasteiger partial charge is 0.234 e.